The van der Waals surface area contributed by atoms with Gasteiger partial charge in [-0.15, -0.1) is 0 Å². The van der Waals surface area contributed by atoms with Crippen molar-refractivity contribution in [1.82, 2.24) is 9.80 Å². The number of allylic oxidation sites excluding steroid dienone is 1. The Bertz CT molecular complexity index is 300. The Hall–Kier alpha value is -0.670. The van der Waals surface area contributed by atoms with E-state index >= 15 is 0 Å². The fraction of sp³-hybridized carbons (Fsp3) is 0.800. The molecule has 0 saturated carbocycles. The molecule has 1 unspecified atom stereocenters. The monoisotopic (exact) mass is 249 g/mol. The second-order valence-electron chi connectivity index (χ2n) is 5.89. The quantitative estimate of drug-likeness (QED) is 0.745. The van der Waals surface area contributed by atoms with Gasteiger partial charge in [0.2, 0.25) is 0 Å². The molecule has 102 valence electrons. The van der Waals surface area contributed by atoms with Crippen LogP contribution in [0.5, 0.6) is 0 Å². The van der Waals surface area contributed by atoms with Gasteiger partial charge >= 0.3 is 0 Å². The highest BCUT2D eigenvalue weighted by Crippen LogP contribution is 2.31. The van der Waals surface area contributed by atoms with Crippen LogP contribution >= 0.6 is 0 Å². The highest BCUT2D eigenvalue weighted by atomic mass is 15.3. The van der Waals surface area contributed by atoms with E-state index in [0.29, 0.717) is 0 Å². The van der Waals surface area contributed by atoms with Crippen molar-refractivity contribution in [3.05, 3.63) is 12.2 Å². The maximum atomic E-state index is 4.69. The number of nitrogens with zero attached hydrogens (tertiary/aromatic N) is 3. The molecular weight excluding hydrogens is 222 g/mol. The van der Waals surface area contributed by atoms with Gasteiger partial charge in [-0.1, -0.05) is 6.92 Å². The number of rotatable bonds is 5. The minimum atomic E-state index is -0.00742. The Morgan fingerprint density at radius 1 is 1.33 bits per heavy atom. The summed E-state index contributed by atoms with van der Waals surface area (Å²) in [5.74, 6) is 0.909. The van der Waals surface area contributed by atoms with E-state index in [4.69, 9.17) is 4.99 Å². The predicted molar refractivity (Wildman–Crippen MR) is 78.1 cm³/mol. The first-order valence-corrected chi connectivity index (χ1v) is 7.29. The van der Waals surface area contributed by atoms with Crippen LogP contribution in [0.1, 0.15) is 32.6 Å². The summed E-state index contributed by atoms with van der Waals surface area (Å²) in [4.78, 5) is 9.55. The molecule has 2 heterocycles. The standard InChI is InChI=1S/C15H27N3/c1-4-15(9-5-10-16-15)18-12-7-14(8-13-18)6-11-17(2)3/h5,9-10,14H,4,6-8,11-13H2,1-3H3. The number of likely N-dealkylation sites (tertiary alicyclic amines) is 1. The van der Waals surface area contributed by atoms with Gasteiger partial charge in [-0.05, 0) is 64.4 Å². The molecule has 2 aliphatic rings. The summed E-state index contributed by atoms with van der Waals surface area (Å²) in [5, 5.41) is 0. The lowest BCUT2D eigenvalue weighted by molar-refractivity contribution is 0.0829. The summed E-state index contributed by atoms with van der Waals surface area (Å²) in [7, 11) is 4.33. The normalized spacial score (nSPS) is 29.6. The molecule has 18 heavy (non-hydrogen) atoms. The molecule has 0 spiro atoms. The maximum Gasteiger partial charge on any atom is 0.131 e. The fourth-order valence-corrected chi connectivity index (χ4v) is 3.08. The Morgan fingerprint density at radius 3 is 2.56 bits per heavy atom. The number of hydrogen-bond donors (Lipinski definition) is 0. The van der Waals surface area contributed by atoms with Crippen molar-refractivity contribution in [2.75, 3.05) is 33.7 Å². The van der Waals surface area contributed by atoms with Gasteiger partial charge in [0.05, 0.1) is 0 Å². The molecule has 0 aromatic carbocycles. The van der Waals surface area contributed by atoms with Gasteiger partial charge in [-0.3, -0.25) is 9.89 Å². The Balaban J connectivity index is 1.83. The van der Waals surface area contributed by atoms with E-state index in [2.05, 4.69) is 43.0 Å². The zero-order chi connectivity index (χ0) is 13.0. The van der Waals surface area contributed by atoms with Gasteiger partial charge in [0, 0.05) is 19.3 Å². The smallest absolute Gasteiger partial charge is 0.131 e. The minimum Gasteiger partial charge on any atom is -0.309 e. The molecule has 0 aromatic rings. The van der Waals surface area contributed by atoms with Crippen LogP contribution in [0.25, 0.3) is 0 Å². The zero-order valence-electron chi connectivity index (χ0n) is 12.1. The summed E-state index contributed by atoms with van der Waals surface area (Å²) in [6, 6.07) is 0. The molecule has 0 bridgehead atoms. The maximum absolute atomic E-state index is 4.69. The highest BCUT2D eigenvalue weighted by Gasteiger charge is 2.35. The van der Waals surface area contributed by atoms with E-state index in [0.717, 1.165) is 12.3 Å². The van der Waals surface area contributed by atoms with Crippen molar-refractivity contribution in [3.8, 4) is 0 Å². The van der Waals surface area contributed by atoms with Gasteiger partial charge in [-0.2, -0.15) is 0 Å². The van der Waals surface area contributed by atoms with Crippen molar-refractivity contribution in [3.63, 3.8) is 0 Å². The third-order valence-electron chi connectivity index (χ3n) is 4.41. The molecule has 0 aromatic heterocycles. The molecular formula is C15H27N3. The van der Waals surface area contributed by atoms with E-state index in [-0.39, 0.29) is 5.66 Å². The molecule has 3 nitrogen and oxygen atoms in total. The highest BCUT2D eigenvalue weighted by molar-refractivity contribution is 5.75. The van der Waals surface area contributed by atoms with Crippen molar-refractivity contribution in [1.29, 1.82) is 0 Å². The van der Waals surface area contributed by atoms with Crippen molar-refractivity contribution in [2.45, 2.75) is 38.3 Å². The lowest BCUT2D eigenvalue weighted by Crippen LogP contribution is -2.48. The van der Waals surface area contributed by atoms with Gasteiger partial charge in [-0.25, -0.2) is 0 Å². The molecule has 0 radical (unpaired) electrons. The van der Waals surface area contributed by atoms with Crippen molar-refractivity contribution < 1.29 is 0 Å². The molecule has 1 saturated heterocycles. The summed E-state index contributed by atoms with van der Waals surface area (Å²) in [6.07, 6.45) is 11.4. The van der Waals surface area contributed by atoms with Gasteiger partial charge in [0.15, 0.2) is 0 Å². The second-order valence-corrected chi connectivity index (χ2v) is 5.89. The third-order valence-corrected chi connectivity index (χ3v) is 4.41. The SMILES string of the molecule is CCC1(N2CCC(CCN(C)C)CC2)C=CC=N1. The summed E-state index contributed by atoms with van der Waals surface area (Å²) >= 11 is 0. The summed E-state index contributed by atoms with van der Waals surface area (Å²) in [6.45, 7) is 5.87. The average molecular weight is 249 g/mol. The third kappa shape index (κ3) is 3.01. The van der Waals surface area contributed by atoms with Crippen molar-refractivity contribution in [2.24, 2.45) is 10.9 Å². The van der Waals surface area contributed by atoms with E-state index in [1.165, 1.54) is 38.9 Å². The largest absolute Gasteiger partial charge is 0.309 e. The van der Waals surface area contributed by atoms with Crippen LogP contribution in [0.3, 0.4) is 0 Å². The molecule has 2 rings (SSSR count). The molecule has 1 atom stereocenters. The number of aliphatic imine (C=N–C) groups is 1. The van der Waals surface area contributed by atoms with E-state index in [1.807, 2.05) is 6.21 Å². The van der Waals surface area contributed by atoms with Crippen LogP contribution in [-0.4, -0.2) is 55.4 Å². The molecule has 0 amide bonds. The van der Waals surface area contributed by atoms with Gasteiger partial charge in [0.1, 0.15) is 5.66 Å². The van der Waals surface area contributed by atoms with Crippen molar-refractivity contribution >= 4 is 6.21 Å². The average Bonchev–Trinajstić information content (AvgIpc) is 2.87. The van der Waals surface area contributed by atoms with E-state index in [1.54, 1.807) is 0 Å². The summed E-state index contributed by atoms with van der Waals surface area (Å²) < 4.78 is 0. The van der Waals surface area contributed by atoms with Crippen LogP contribution in [0.15, 0.2) is 17.1 Å². The van der Waals surface area contributed by atoms with Gasteiger partial charge in [0.25, 0.3) is 0 Å². The lowest BCUT2D eigenvalue weighted by Gasteiger charge is -2.41. The first-order valence-electron chi connectivity index (χ1n) is 7.29. The van der Waals surface area contributed by atoms with Crippen LogP contribution in [0.2, 0.25) is 0 Å². The molecule has 2 aliphatic heterocycles. The minimum absolute atomic E-state index is 0.00742. The lowest BCUT2D eigenvalue weighted by atomic mass is 9.91. The fourth-order valence-electron chi connectivity index (χ4n) is 3.08. The van der Waals surface area contributed by atoms with E-state index in [9.17, 15) is 0 Å². The van der Waals surface area contributed by atoms with Crippen LogP contribution in [0.4, 0.5) is 0 Å². The molecule has 0 N–H and O–H groups in total. The molecule has 3 heteroatoms. The van der Waals surface area contributed by atoms with Gasteiger partial charge < -0.3 is 4.90 Å². The van der Waals surface area contributed by atoms with Crippen LogP contribution in [-0.2, 0) is 0 Å². The topological polar surface area (TPSA) is 18.8 Å². The first kappa shape index (κ1) is 13.8. The second kappa shape index (κ2) is 5.98. The zero-order valence-corrected chi connectivity index (χ0v) is 12.1. The van der Waals surface area contributed by atoms with E-state index < -0.39 is 0 Å². The molecule has 1 fully saturated rings. The Labute approximate surface area is 112 Å². The number of piperidine rings is 1. The Kier molecular flexibility index (Phi) is 4.57. The van der Waals surface area contributed by atoms with Crippen LogP contribution < -0.4 is 0 Å². The first-order chi connectivity index (χ1) is 8.66. The molecule has 0 aliphatic carbocycles. The van der Waals surface area contributed by atoms with Crippen LogP contribution in [0, 0.1) is 5.92 Å². The summed E-state index contributed by atoms with van der Waals surface area (Å²) in [5.41, 5.74) is -0.00742. The Morgan fingerprint density at radius 2 is 2.06 bits per heavy atom. The predicted octanol–water partition coefficient (Wildman–Crippen LogP) is 2.40. The number of hydrogen-bond acceptors (Lipinski definition) is 3.